The molecule has 0 fully saturated rings. The number of nitrogens with two attached hydrogens (primary N) is 1. The van der Waals surface area contributed by atoms with Gasteiger partial charge in [-0.15, -0.1) is 0 Å². The van der Waals surface area contributed by atoms with Crippen LogP contribution in [0.3, 0.4) is 0 Å². The van der Waals surface area contributed by atoms with Crippen molar-refractivity contribution < 1.29 is 0 Å². The second-order valence-electron chi connectivity index (χ2n) is 3.43. The summed E-state index contributed by atoms with van der Waals surface area (Å²) >= 11 is 1.91. The van der Waals surface area contributed by atoms with Gasteiger partial charge in [0.2, 0.25) is 0 Å². The molecule has 1 aromatic rings. The van der Waals surface area contributed by atoms with Gasteiger partial charge in [0.1, 0.15) is 11.6 Å². The Balaban J connectivity index is 2.10. The number of pyridine rings is 1. The lowest BCUT2D eigenvalue weighted by Crippen LogP contribution is -2.04. The van der Waals surface area contributed by atoms with Crippen LogP contribution < -0.4 is 11.1 Å². The summed E-state index contributed by atoms with van der Waals surface area (Å²) in [4.78, 5) is 4.17. The van der Waals surface area contributed by atoms with E-state index in [1.807, 2.05) is 23.9 Å². The number of hydrogen-bond donors (Lipinski definition) is 2. The Bertz CT molecular complexity index is 278. The highest BCUT2D eigenvalue weighted by Gasteiger charge is 1.93. The summed E-state index contributed by atoms with van der Waals surface area (Å²) in [6.45, 7) is 0.977. The maximum atomic E-state index is 5.57. The number of nitrogens with zero attached hydrogens (tertiary/aromatic N) is 1. The SMILES string of the molecule is CSCCCCCNc1cccc(N)n1. The van der Waals surface area contributed by atoms with Crippen LogP contribution in [-0.4, -0.2) is 23.5 Å². The van der Waals surface area contributed by atoms with Gasteiger partial charge in [0, 0.05) is 6.54 Å². The largest absolute Gasteiger partial charge is 0.384 e. The summed E-state index contributed by atoms with van der Waals surface area (Å²) in [6.07, 6.45) is 5.91. The van der Waals surface area contributed by atoms with Gasteiger partial charge in [0.25, 0.3) is 0 Å². The predicted molar refractivity (Wildman–Crippen MR) is 69.4 cm³/mol. The summed E-state index contributed by atoms with van der Waals surface area (Å²) in [5, 5.41) is 3.26. The molecule has 15 heavy (non-hydrogen) atoms. The molecule has 3 N–H and O–H groups in total. The average Bonchev–Trinajstić information content (AvgIpc) is 2.23. The van der Waals surface area contributed by atoms with Gasteiger partial charge in [-0.25, -0.2) is 4.98 Å². The van der Waals surface area contributed by atoms with E-state index in [0.717, 1.165) is 12.4 Å². The Morgan fingerprint density at radius 2 is 2.20 bits per heavy atom. The Labute approximate surface area is 95.9 Å². The van der Waals surface area contributed by atoms with Crippen LogP contribution in [0.25, 0.3) is 0 Å². The lowest BCUT2D eigenvalue weighted by molar-refractivity contribution is 0.748. The zero-order chi connectivity index (χ0) is 10.9. The number of thioether (sulfide) groups is 1. The van der Waals surface area contributed by atoms with Crippen LogP contribution in [-0.2, 0) is 0 Å². The van der Waals surface area contributed by atoms with Crippen LogP contribution in [0.2, 0.25) is 0 Å². The molecule has 0 radical (unpaired) electrons. The van der Waals surface area contributed by atoms with E-state index in [9.17, 15) is 0 Å². The molecule has 0 aliphatic rings. The van der Waals surface area contributed by atoms with Crippen molar-refractivity contribution in [1.82, 2.24) is 4.98 Å². The molecule has 0 saturated heterocycles. The summed E-state index contributed by atoms with van der Waals surface area (Å²) in [5.74, 6) is 2.71. The van der Waals surface area contributed by atoms with Crippen LogP contribution in [0.5, 0.6) is 0 Å². The number of nitrogen functional groups attached to an aromatic ring is 1. The first-order valence-corrected chi connectivity index (χ1v) is 6.67. The van der Waals surface area contributed by atoms with E-state index in [1.165, 1.54) is 25.0 Å². The third-order valence-electron chi connectivity index (χ3n) is 2.10. The molecule has 1 aromatic heterocycles. The fraction of sp³-hybridized carbons (Fsp3) is 0.545. The average molecular weight is 225 g/mol. The number of anilines is 2. The highest BCUT2D eigenvalue weighted by molar-refractivity contribution is 7.98. The van der Waals surface area contributed by atoms with Crippen LogP contribution in [0.1, 0.15) is 19.3 Å². The van der Waals surface area contributed by atoms with Crippen LogP contribution in [0.15, 0.2) is 18.2 Å². The number of rotatable bonds is 7. The maximum absolute atomic E-state index is 5.57. The van der Waals surface area contributed by atoms with E-state index in [0.29, 0.717) is 5.82 Å². The molecule has 3 nitrogen and oxygen atoms in total. The van der Waals surface area contributed by atoms with Crippen molar-refractivity contribution in [2.24, 2.45) is 0 Å². The van der Waals surface area contributed by atoms with Crippen molar-refractivity contribution in [2.75, 3.05) is 29.6 Å². The fourth-order valence-corrected chi connectivity index (χ4v) is 1.81. The minimum absolute atomic E-state index is 0.572. The number of aromatic nitrogens is 1. The molecule has 84 valence electrons. The Kier molecular flexibility index (Phi) is 6.00. The van der Waals surface area contributed by atoms with E-state index >= 15 is 0 Å². The maximum Gasteiger partial charge on any atom is 0.128 e. The van der Waals surface area contributed by atoms with E-state index in [2.05, 4.69) is 16.6 Å². The minimum atomic E-state index is 0.572. The summed E-state index contributed by atoms with van der Waals surface area (Å²) < 4.78 is 0. The third-order valence-corrected chi connectivity index (χ3v) is 2.80. The van der Waals surface area contributed by atoms with Gasteiger partial charge in [-0.3, -0.25) is 0 Å². The lowest BCUT2D eigenvalue weighted by atomic mass is 10.2. The molecule has 0 spiro atoms. The summed E-state index contributed by atoms with van der Waals surface area (Å²) in [5.41, 5.74) is 5.57. The van der Waals surface area contributed by atoms with Gasteiger partial charge in [-0.05, 0) is 37.0 Å². The molecule has 0 aliphatic carbocycles. The highest BCUT2D eigenvalue weighted by atomic mass is 32.2. The van der Waals surface area contributed by atoms with Gasteiger partial charge in [0.15, 0.2) is 0 Å². The molecule has 1 heterocycles. The smallest absolute Gasteiger partial charge is 0.128 e. The minimum Gasteiger partial charge on any atom is -0.384 e. The molecule has 0 atom stereocenters. The molecular weight excluding hydrogens is 206 g/mol. The van der Waals surface area contributed by atoms with Crippen molar-refractivity contribution in [3.05, 3.63) is 18.2 Å². The number of unbranched alkanes of at least 4 members (excludes halogenated alkanes) is 2. The fourth-order valence-electron chi connectivity index (χ4n) is 1.31. The second kappa shape index (κ2) is 7.40. The quantitative estimate of drug-likeness (QED) is 0.700. The predicted octanol–water partition coefficient (Wildman–Crippen LogP) is 2.61. The standard InChI is InChI=1S/C11H19N3S/c1-15-9-4-2-3-8-13-11-7-5-6-10(12)14-11/h5-7H,2-4,8-9H2,1H3,(H3,12,13,14). The van der Waals surface area contributed by atoms with Gasteiger partial charge in [0.05, 0.1) is 0 Å². The van der Waals surface area contributed by atoms with Gasteiger partial charge in [-0.2, -0.15) is 11.8 Å². The number of hydrogen-bond acceptors (Lipinski definition) is 4. The molecule has 0 amide bonds. The van der Waals surface area contributed by atoms with Crippen molar-refractivity contribution >= 4 is 23.4 Å². The lowest BCUT2D eigenvalue weighted by Gasteiger charge is -2.05. The molecule has 0 bridgehead atoms. The molecule has 0 saturated carbocycles. The Hall–Kier alpha value is -0.900. The topological polar surface area (TPSA) is 50.9 Å². The molecular formula is C11H19N3S. The molecule has 0 aliphatic heterocycles. The first-order valence-electron chi connectivity index (χ1n) is 5.28. The molecule has 0 unspecified atom stereocenters. The van der Waals surface area contributed by atoms with Gasteiger partial charge < -0.3 is 11.1 Å². The first kappa shape index (κ1) is 12.2. The van der Waals surface area contributed by atoms with Crippen LogP contribution >= 0.6 is 11.8 Å². The molecule has 1 rings (SSSR count). The van der Waals surface area contributed by atoms with Crippen LogP contribution in [0.4, 0.5) is 11.6 Å². The second-order valence-corrected chi connectivity index (χ2v) is 4.41. The summed E-state index contributed by atoms with van der Waals surface area (Å²) in [7, 11) is 0. The van der Waals surface area contributed by atoms with E-state index in [1.54, 1.807) is 6.07 Å². The van der Waals surface area contributed by atoms with E-state index in [4.69, 9.17) is 5.73 Å². The zero-order valence-electron chi connectivity index (χ0n) is 9.20. The molecule has 0 aromatic carbocycles. The Morgan fingerprint density at radius 1 is 1.33 bits per heavy atom. The zero-order valence-corrected chi connectivity index (χ0v) is 10.0. The monoisotopic (exact) mass is 225 g/mol. The van der Waals surface area contributed by atoms with Crippen molar-refractivity contribution in [3.63, 3.8) is 0 Å². The first-order chi connectivity index (χ1) is 7.33. The Morgan fingerprint density at radius 3 is 2.93 bits per heavy atom. The number of nitrogens with one attached hydrogen (secondary N) is 1. The van der Waals surface area contributed by atoms with Crippen molar-refractivity contribution in [1.29, 1.82) is 0 Å². The van der Waals surface area contributed by atoms with E-state index in [-0.39, 0.29) is 0 Å². The van der Waals surface area contributed by atoms with Crippen molar-refractivity contribution in [2.45, 2.75) is 19.3 Å². The molecule has 4 heteroatoms. The normalized spacial score (nSPS) is 10.2. The summed E-state index contributed by atoms with van der Waals surface area (Å²) in [6, 6.07) is 5.65. The van der Waals surface area contributed by atoms with E-state index < -0.39 is 0 Å². The van der Waals surface area contributed by atoms with Crippen LogP contribution in [0, 0.1) is 0 Å². The highest BCUT2D eigenvalue weighted by Crippen LogP contribution is 2.07. The van der Waals surface area contributed by atoms with Gasteiger partial charge >= 0.3 is 0 Å². The van der Waals surface area contributed by atoms with Gasteiger partial charge in [-0.1, -0.05) is 12.5 Å². The third kappa shape index (κ3) is 5.52. The van der Waals surface area contributed by atoms with Crippen molar-refractivity contribution in [3.8, 4) is 0 Å².